The molecule has 0 radical (unpaired) electrons. The Bertz CT molecular complexity index is 580. The Morgan fingerprint density at radius 3 is 2.84 bits per heavy atom. The zero-order valence-corrected chi connectivity index (χ0v) is 11.9. The van der Waals surface area contributed by atoms with Gasteiger partial charge in [-0.1, -0.05) is 12.1 Å². The van der Waals surface area contributed by atoms with Crippen LogP contribution >= 0.6 is 11.3 Å². The van der Waals surface area contributed by atoms with Gasteiger partial charge in [0.05, 0.1) is 0 Å². The van der Waals surface area contributed by atoms with Gasteiger partial charge in [-0.3, -0.25) is 4.79 Å². The zero-order chi connectivity index (χ0) is 13.8. The molecule has 19 heavy (non-hydrogen) atoms. The van der Waals surface area contributed by atoms with Crippen LogP contribution in [0, 0.1) is 6.92 Å². The van der Waals surface area contributed by atoms with Crippen LogP contribution in [-0.4, -0.2) is 17.4 Å². The molecule has 2 N–H and O–H groups in total. The van der Waals surface area contributed by atoms with E-state index >= 15 is 0 Å². The Hall–Kier alpha value is -1.72. The van der Waals surface area contributed by atoms with Crippen molar-refractivity contribution in [1.82, 2.24) is 4.98 Å². The zero-order valence-electron chi connectivity index (χ0n) is 11.1. The first-order valence-electron chi connectivity index (χ1n) is 6.18. The van der Waals surface area contributed by atoms with Crippen LogP contribution in [0.3, 0.4) is 0 Å². The number of benzene rings is 1. The van der Waals surface area contributed by atoms with Crippen molar-refractivity contribution in [3.63, 3.8) is 0 Å². The van der Waals surface area contributed by atoms with Crippen LogP contribution in [0.5, 0.6) is 0 Å². The van der Waals surface area contributed by atoms with Crippen LogP contribution in [0.4, 0.5) is 5.69 Å². The molecule has 0 spiro atoms. The minimum atomic E-state index is -0.0796. The van der Waals surface area contributed by atoms with Crippen molar-refractivity contribution in [3.8, 4) is 0 Å². The van der Waals surface area contributed by atoms with Crippen LogP contribution in [0.1, 0.15) is 28.0 Å². The number of amides is 1. The van der Waals surface area contributed by atoms with E-state index < -0.39 is 0 Å². The van der Waals surface area contributed by atoms with Crippen molar-refractivity contribution in [2.75, 3.05) is 11.4 Å². The van der Waals surface area contributed by atoms with E-state index in [9.17, 15) is 4.79 Å². The van der Waals surface area contributed by atoms with E-state index in [1.54, 1.807) is 10.3 Å². The lowest BCUT2D eigenvalue weighted by Crippen LogP contribution is -2.31. The summed E-state index contributed by atoms with van der Waals surface area (Å²) in [4.78, 5) is 18.4. The van der Waals surface area contributed by atoms with Crippen molar-refractivity contribution < 1.29 is 4.79 Å². The molecule has 1 amide bonds. The van der Waals surface area contributed by atoms with Crippen LogP contribution in [0.25, 0.3) is 0 Å². The molecule has 0 unspecified atom stereocenters. The third-order valence-electron chi connectivity index (χ3n) is 2.82. The number of thiazole rings is 1. The lowest BCUT2D eigenvalue weighted by Gasteiger charge is -2.20. The van der Waals surface area contributed by atoms with Gasteiger partial charge >= 0.3 is 0 Å². The van der Waals surface area contributed by atoms with E-state index in [-0.39, 0.29) is 5.91 Å². The number of nitrogens with zero attached hydrogens (tertiary/aromatic N) is 2. The quantitative estimate of drug-likeness (QED) is 0.933. The van der Waals surface area contributed by atoms with Crippen molar-refractivity contribution in [2.45, 2.75) is 20.4 Å². The summed E-state index contributed by atoms with van der Waals surface area (Å²) in [6.07, 6.45) is 0. The molecule has 5 heteroatoms. The summed E-state index contributed by atoms with van der Waals surface area (Å²) >= 11 is 1.42. The Kier molecular flexibility index (Phi) is 4.29. The maximum absolute atomic E-state index is 12.4. The topological polar surface area (TPSA) is 59.2 Å². The summed E-state index contributed by atoms with van der Waals surface area (Å²) in [6.45, 7) is 4.94. The number of hydrogen-bond donors (Lipinski definition) is 1. The van der Waals surface area contributed by atoms with Crippen molar-refractivity contribution in [2.24, 2.45) is 5.73 Å². The molecule has 1 aromatic heterocycles. The van der Waals surface area contributed by atoms with Gasteiger partial charge in [-0.25, -0.2) is 4.98 Å². The monoisotopic (exact) mass is 275 g/mol. The van der Waals surface area contributed by atoms with Crippen LogP contribution in [-0.2, 0) is 6.54 Å². The molecule has 0 atom stereocenters. The standard InChI is InChI=1S/C14H17N3OS/c1-3-17(11-6-4-5-10(2)7-11)14(18)12-9-19-13(8-15)16-12/h4-7,9H,3,8,15H2,1-2H3. The van der Waals surface area contributed by atoms with Crippen LogP contribution < -0.4 is 10.6 Å². The molecule has 2 rings (SSSR count). The number of aryl methyl sites for hydroxylation is 1. The van der Waals surface area contributed by atoms with Gasteiger partial charge in [0.1, 0.15) is 10.7 Å². The number of nitrogens with two attached hydrogens (primary N) is 1. The van der Waals surface area contributed by atoms with E-state index in [4.69, 9.17) is 5.73 Å². The Balaban J connectivity index is 2.29. The predicted octanol–water partition coefficient (Wildman–Crippen LogP) is 2.58. The summed E-state index contributed by atoms with van der Waals surface area (Å²) in [6, 6.07) is 7.90. The number of carbonyl (C=O) groups excluding carboxylic acids is 1. The lowest BCUT2D eigenvalue weighted by atomic mass is 10.2. The molecule has 2 aromatic rings. The summed E-state index contributed by atoms with van der Waals surface area (Å²) < 4.78 is 0. The molecular weight excluding hydrogens is 258 g/mol. The second-order valence-corrected chi connectivity index (χ2v) is 5.16. The second kappa shape index (κ2) is 5.95. The van der Waals surface area contributed by atoms with Crippen LogP contribution in [0.2, 0.25) is 0 Å². The highest BCUT2D eigenvalue weighted by Gasteiger charge is 2.18. The van der Waals surface area contributed by atoms with Gasteiger partial charge in [0.25, 0.3) is 5.91 Å². The number of carbonyl (C=O) groups is 1. The summed E-state index contributed by atoms with van der Waals surface area (Å²) in [5, 5.41) is 2.55. The van der Waals surface area contributed by atoms with Crippen molar-refractivity contribution in [1.29, 1.82) is 0 Å². The minimum Gasteiger partial charge on any atom is -0.325 e. The molecule has 100 valence electrons. The number of aromatic nitrogens is 1. The smallest absolute Gasteiger partial charge is 0.277 e. The van der Waals surface area contributed by atoms with E-state index in [1.807, 2.05) is 38.1 Å². The van der Waals surface area contributed by atoms with Crippen molar-refractivity contribution in [3.05, 3.63) is 45.9 Å². The van der Waals surface area contributed by atoms with E-state index in [0.29, 0.717) is 18.8 Å². The third-order valence-corrected chi connectivity index (χ3v) is 3.69. The SMILES string of the molecule is CCN(C(=O)c1csc(CN)n1)c1cccc(C)c1. The van der Waals surface area contributed by atoms with E-state index in [1.165, 1.54) is 11.3 Å². The first-order chi connectivity index (χ1) is 9.15. The fourth-order valence-electron chi connectivity index (χ4n) is 1.88. The van der Waals surface area contributed by atoms with E-state index in [0.717, 1.165) is 16.3 Å². The van der Waals surface area contributed by atoms with Gasteiger partial charge < -0.3 is 10.6 Å². The molecule has 0 bridgehead atoms. The fourth-order valence-corrected chi connectivity index (χ4v) is 2.53. The van der Waals surface area contributed by atoms with Crippen molar-refractivity contribution >= 4 is 22.9 Å². The highest BCUT2D eigenvalue weighted by molar-refractivity contribution is 7.09. The van der Waals surface area contributed by atoms with Gasteiger partial charge in [0.2, 0.25) is 0 Å². The molecular formula is C14H17N3OS. The van der Waals surface area contributed by atoms with Gasteiger partial charge in [-0.15, -0.1) is 11.3 Å². The fraction of sp³-hybridized carbons (Fsp3) is 0.286. The number of anilines is 1. The number of hydrogen-bond acceptors (Lipinski definition) is 4. The third kappa shape index (κ3) is 3.00. The molecule has 0 fully saturated rings. The average molecular weight is 275 g/mol. The van der Waals surface area contributed by atoms with Gasteiger partial charge in [0.15, 0.2) is 0 Å². The highest BCUT2D eigenvalue weighted by Crippen LogP contribution is 2.19. The molecule has 1 heterocycles. The highest BCUT2D eigenvalue weighted by atomic mass is 32.1. The molecule has 0 aliphatic heterocycles. The first-order valence-corrected chi connectivity index (χ1v) is 7.06. The first kappa shape index (κ1) is 13.7. The maximum Gasteiger partial charge on any atom is 0.277 e. The normalized spacial score (nSPS) is 10.5. The summed E-state index contributed by atoms with van der Waals surface area (Å²) in [5.41, 5.74) is 8.02. The van der Waals surface area contributed by atoms with Gasteiger partial charge in [0, 0.05) is 24.2 Å². The minimum absolute atomic E-state index is 0.0796. The van der Waals surface area contributed by atoms with Crippen LogP contribution in [0.15, 0.2) is 29.6 Å². The Morgan fingerprint density at radius 1 is 1.47 bits per heavy atom. The molecule has 0 saturated carbocycles. The number of rotatable bonds is 4. The molecule has 1 aromatic carbocycles. The molecule has 0 aliphatic carbocycles. The molecule has 0 saturated heterocycles. The van der Waals surface area contributed by atoms with Gasteiger partial charge in [-0.2, -0.15) is 0 Å². The molecule has 4 nitrogen and oxygen atoms in total. The Morgan fingerprint density at radius 2 is 2.26 bits per heavy atom. The van der Waals surface area contributed by atoms with Gasteiger partial charge in [-0.05, 0) is 31.5 Å². The average Bonchev–Trinajstić information content (AvgIpc) is 2.88. The lowest BCUT2D eigenvalue weighted by molar-refractivity contribution is 0.0984. The molecule has 0 aliphatic rings. The second-order valence-electron chi connectivity index (χ2n) is 4.22. The Labute approximate surface area is 116 Å². The van der Waals surface area contributed by atoms with E-state index in [2.05, 4.69) is 4.98 Å². The largest absolute Gasteiger partial charge is 0.325 e. The maximum atomic E-state index is 12.4. The summed E-state index contributed by atoms with van der Waals surface area (Å²) in [7, 11) is 0. The predicted molar refractivity (Wildman–Crippen MR) is 78.5 cm³/mol. The summed E-state index contributed by atoms with van der Waals surface area (Å²) in [5.74, 6) is -0.0796.